The normalized spacial score (nSPS) is 10.2. The Morgan fingerprint density at radius 1 is 1.41 bits per heavy atom. The van der Waals surface area contributed by atoms with Gasteiger partial charge in [-0.25, -0.2) is 4.98 Å². The van der Waals surface area contributed by atoms with Crippen molar-refractivity contribution >= 4 is 39.2 Å². The third-order valence-corrected chi connectivity index (χ3v) is 2.90. The molecule has 0 bridgehead atoms. The molecule has 2 rings (SSSR count). The maximum absolute atomic E-state index is 11.4. The molecule has 0 saturated carbocycles. The summed E-state index contributed by atoms with van der Waals surface area (Å²) in [5, 5.41) is 3.60. The fourth-order valence-corrected chi connectivity index (χ4v) is 1.98. The topological polar surface area (TPSA) is 70.7 Å². The molecular formula is C10H9BrN4OS. The van der Waals surface area contributed by atoms with Crippen molar-refractivity contribution in [2.45, 2.75) is 5.16 Å². The highest BCUT2D eigenvalue weighted by Crippen LogP contribution is 2.18. The van der Waals surface area contributed by atoms with Gasteiger partial charge in [0.25, 0.3) is 5.56 Å². The second kappa shape index (κ2) is 5.33. The third-order valence-electron chi connectivity index (χ3n) is 1.89. The summed E-state index contributed by atoms with van der Waals surface area (Å²) < 4.78 is 0.859. The van der Waals surface area contributed by atoms with Crippen LogP contribution in [0, 0.1) is 0 Å². The van der Waals surface area contributed by atoms with Gasteiger partial charge in [0.1, 0.15) is 5.82 Å². The van der Waals surface area contributed by atoms with Gasteiger partial charge in [-0.3, -0.25) is 9.78 Å². The first-order valence-electron chi connectivity index (χ1n) is 4.70. The van der Waals surface area contributed by atoms with Gasteiger partial charge >= 0.3 is 0 Å². The molecule has 0 aromatic carbocycles. The highest BCUT2D eigenvalue weighted by Gasteiger charge is 2.01. The van der Waals surface area contributed by atoms with Crippen LogP contribution in [-0.2, 0) is 0 Å². The minimum absolute atomic E-state index is 0.185. The van der Waals surface area contributed by atoms with E-state index in [0.29, 0.717) is 11.0 Å². The molecule has 5 nitrogen and oxygen atoms in total. The Balaban J connectivity index is 2.29. The van der Waals surface area contributed by atoms with E-state index in [0.717, 1.165) is 10.2 Å². The molecule has 2 aromatic heterocycles. The maximum Gasteiger partial charge on any atom is 0.253 e. The molecule has 0 amide bonds. The van der Waals surface area contributed by atoms with Crippen molar-refractivity contribution in [2.75, 3.05) is 11.6 Å². The molecule has 0 unspecified atom stereocenters. The van der Waals surface area contributed by atoms with Gasteiger partial charge in [0.05, 0.1) is 11.9 Å². The van der Waals surface area contributed by atoms with Crippen molar-refractivity contribution in [3.63, 3.8) is 0 Å². The standard InChI is InChI=1S/C10H9BrN4OS/c1-17-10-14-8(3-9(16)15-10)13-7-2-6(11)4-12-5-7/h2-5H,1H3,(H2,13,14,15,16). The van der Waals surface area contributed by atoms with Crippen LogP contribution in [0.5, 0.6) is 0 Å². The van der Waals surface area contributed by atoms with E-state index in [1.807, 2.05) is 12.3 Å². The summed E-state index contributed by atoms with van der Waals surface area (Å²) in [5.41, 5.74) is 0.583. The van der Waals surface area contributed by atoms with Crippen LogP contribution in [0.15, 0.2) is 39.0 Å². The zero-order valence-corrected chi connectivity index (χ0v) is 11.3. The largest absolute Gasteiger partial charge is 0.339 e. The molecule has 0 aliphatic rings. The summed E-state index contributed by atoms with van der Waals surface area (Å²) in [6.07, 6.45) is 5.19. The average molecular weight is 313 g/mol. The highest BCUT2D eigenvalue weighted by atomic mass is 79.9. The Kier molecular flexibility index (Phi) is 3.80. The fraction of sp³-hybridized carbons (Fsp3) is 0.100. The Morgan fingerprint density at radius 2 is 2.24 bits per heavy atom. The van der Waals surface area contributed by atoms with Crippen molar-refractivity contribution in [1.82, 2.24) is 15.0 Å². The molecule has 2 heterocycles. The van der Waals surface area contributed by atoms with Crippen LogP contribution in [0.2, 0.25) is 0 Å². The summed E-state index contributed by atoms with van der Waals surface area (Å²) in [6.45, 7) is 0. The first-order valence-corrected chi connectivity index (χ1v) is 6.72. The summed E-state index contributed by atoms with van der Waals surface area (Å²) in [5.74, 6) is 0.498. The Hall–Kier alpha value is -1.34. The highest BCUT2D eigenvalue weighted by molar-refractivity contribution is 9.10. The van der Waals surface area contributed by atoms with Crippen LogP contribution in [-0.4, -0.2) is 21.2 Å². The monoisotopic (exact) mass is 312 g/mol. The molecule has 0 aliphatic heterocycles. The van der Waals surface area contributed by atoms with Gasteiger partial charge in [-0.15, -0.1) is 0 Å². The molecule has 0 aliphatic carbocycles. The number of nitrogens with zero attached hydrogens (tertiary/aromatic N) is 2. The predicted octanol–water partition coefficient (Wildman–Crippen LogP) is 2.39. The number of hydrogen-bond acceptors (Lipinski definition) is 5. The average Bonchev–Trinajstić information content (AvgIpc) is 2.28. The molecule has 88 valence electrons. The number of pyridine rings is 1. The van der Waals surface area contributed by atoms with Crippen molar-refractivity contribution in [2.24, 2.45) is 0 Å². The molecule has 7 heteroatoms. The van der Waals surface area contributed by atoms with E-state index >= 15 is 0 Å². The number of thioether (sulfide) groups is 1. The van der Waals surface area contributed by atoms with Gasteiger partial charge < -0.3 is 10.3 Å². The quantitative estimate of drug-likeness (QED) is 0.672. The predicted molar refractivity (Wildman–Crippen MR) is 71.9 cm³/mol. The first kappa shape index (κ1) is 12.1. The van der Waals surface area contributed by atoms with E-state index in [2.05, 4.69) is 36.2 Å². The lowest BCUT2D eigenvalue weighted by Gasteiger charge is -2.05. The van der Waals surface area contributed by atoms with Crippen LogP contribution < -0.4 is 10.9 Å². The smallest absolute Gasteiger partial charge is 0.253 e. The summed E-state index contributed by atoms with van der Waals surface area (Å²) in [7, 11) is 0. The number of aromatic nitrogens is 3. The number of H-pyrrole nitrogens is 1. The second-order valence-electron chi connectivity index (χ2n) is 3.16. The van der Waals surface area contributed by atoms with Gasteiger partial charge in [-0.05, 0) is 28.3 Å². The number of rotatable bonds is 3. The number of anilines is 2. The van der Waals surface area contributed by atoms with Gasteiger partial charge in [0.2, 0.25) is 0 Å². The zero-order valence-electron chi connectivity index (χ0n) is 8.90. The van der Waals surface area contributed by atoms with Crippen molar-refractivity contribution in [3.05, 3.63) is 39.4 Å². The van der Waals surface area contributed by atoms with Gasteiger partial charge in [0, 0.05) is 16.7 Å². The van der Waals surface area contributed by atoms with Crippen molar-refractivity contribution in [1.29, 1.82) is 0 Å². The molecule has 0 saturated heterocycles. The van der Waals surface area contributed by atoms with Crippen molar-refractivity contribution in [3.8, 4) is 0 Å². The lowest BCUT2D eigenvalue weighted by molar-refractivity contribution is 0.945. The van der Waals surface area contributed by atoms with E-state index in [1.54, 1.807) is 12.4 Å². The van der Waals surface area contributed by atoms with Crippen LogP contribution in [0.25, 0.3) is 0 Å². The van der Waals surface area contributed by atoms with Crippen LogP contribution in [0.1, 0.15) is 0 Å². The van der Waals surface area contributed by atoms with Gasteiger partial charge in [-0.2, -0.15) is 0 Å². The van der Waals surface area contributed by atoms with E-state index in [-0.39, 0.29) is 5.56 Å². The fourth-order valence-electron chi connectivity index (χ4n) is 1.22. The van der Waals surface area contributed by atoms with E-state index in [9.17, 15) is 4.79 Å². The third kappa shape index (κ3) is 3.31. The molecule has 0 radical (unpaired) electrons. The molecule has 0 atom stereocenters. The Labute approximate surface area is 110 Å². The molecule has 2 aromatic rings. The number of hydrogen-bond donors (Lipinski definition) is 2. The lowest BCUT2D eigenvalue weighted by Crippen LogP contribution is -2.09. The number of halogens is 1. The van der Waals surface area contributed by atoms with Gasteiger partial charge in [0.15, 0.2) is 5.16 Å². The first-order chi connectivity index (χ1) is 8.17. The van der Waals surface area contributed by atoms with E-state index in [4.69, 9.17) is 0 Å². The SMILES string of the molecule is CSc1nc(Nc2cncc(Br)c2)cc(=O)[nH]1. The van der Waals surface area contributed by atoms with Crippen LogP contribution in [0.4, 0.5) is 11.5 Å². The Bertz CT molecular complexity index is 587. The van der Waals surface area contributed by atoms with Crippen molar-refractivity contribution < 1.29 is 0 Å². The summed E-state index contributed by atoms with van der Waals surface area (Å²) in [4.78, 5) is 22.2. The minimum Gasteiger partial charge on any atom is -0.339 e. The van der Waals surface area contributed by atoms with Gasteiger partial charge in [-0.1, -0.05) is 11.8 Å². The van der Waals surface area contributed by atoms with Crippen LogP contribution >= 0.6 is 27.7 Å². The summed E-state index contributed by atoms with van der Waals surface area (Å²) in [6, 6.07) is 3.26. The lowest BCUT2D eigenvalue weighted by atomic mass is 10.4. The zero-order chi connectivity index (χ0) is 12.3. The second-order valence-corrected chi connectivity index (χ2v) is 4.87. The molecule has 0 spiro atoms. The molecule has 2 N–H and O–H groups in total. The van der Waals surface area contributed by atoms with E-state index in [1.165, 1.54) is 17.8 Å². The molecule has 17 heavy (non-hydrogen) atoms. The number of nitrogens with one attached hydrogen (secondary N) is 2. The number of aromatic amines is 1. The summed E-state index contributed by atoms with van der Waals surface area (Å²) >= 11 is 4.70. The van der Waals surface area contributed by atoms with E-state index < -0.39 is 0 Å². The molecular weight excluding hydrogens is 304 g/mol. The van der Waals surface area contributed by atoms with Crippen LogP contribution in [0.3, 0.4) is 0 Å². The Morgan fingerprint density at radius 3 is 2.94 bits per heavy atom. The maximum atomic E-state index is 11.4. The molecule has 0 fully saturated rings. The minimum atomic E-state index is -0.185.